The SMILES string of the molecule is COc1cccc2c1C(=O)c1c(O)c3c(c(O)c1C2=O)CC(C(=O)N1CC(CN)C1)CC3. The van der Waals surface area contributed by atoms with Crippen LogP contribution in [0, 0.1) is 11.8 Å². The van der Waals surface area contributed by atoms with Gasteiger partial charge in [-0.15, -0.1) is 0 Å². The Morgan fingerprint density at radius 2 is 1.78 bits per heavy atom. The van der Waals surface area contributed by atoms with Crippen LogP contribution in [0.15, 0.2) is 18.2 Å². The Morgan fingerprint density at radius 1 is 1.09 bits per heavy atom. The molecule has 1 unspecified atom stereocenters. The van der Waals surface area contributed by atoms with Crippen molar-refractivity contribution in [1.82, 2.24) is 4.90 Å². The highest BCUT2D eigenvalue weighted by atomic mass is 16.5. The predicted octanol–water partition coefficient (Wildman–Crippen LogP) is 1.40. The number of phenols is 2. The van der Waals surface area contributed by atoms with Gasteiger partial charge in [-0.25, -0.2) is 0 Å². The molecular formula is C24H24N2O6. The Hall–Kier alpha value is -3.39. The largest absolute Gasteiger partial charge is 0.507 e. The van der Waals surface area contributed by atoms with Crippen molar-refractivity contribution in [2.45, 2.75) is 19.3 Å². The maximum Gasteiger partial charge on any atom is 0.226 e. The number of likely N-dealkylation sites (tertiary alicyclic amines) is 1. The Balaban J connectivity index is 1.56. The number of carbonyl (C=O) groups excluding carboxylic acids is 3. The van der Waals surface area contributed by atoms with Gasteiger partial charge in [-0.05, 0) is 31.9 Å². The van der Waals surface area contributed by atoms with E-state index in [2.05, 4.69) is 0 Å². The van der Waals surface area contributed by atoms with Gasteiger partial charge in [0.15, 0.2) is 5.78 Å². The Bertz CT molecular complexity index is 1180. The fourth-order valence-electron chi connectivity index (χ4n) is 5.17. The molecule has 0 aromatic heterocycles. The summed E-state index contributed by atoms with van der Waals surface area (Å²) in [6.45, 7) is 1.80. The first kappa shape index (κ1) is 20.5. The van der Waals surface area contributed by atoms with Crippen LogP contribution >= 0.6 is 0 Å². The van der Waals surface area contributed by atoms with Gasteiger partial charge in [0.2, 0.25) is 11.7 Å². The van der Waals surface area contributed by atoms with Gasteiger partial charge in [0, 0.05) is 41.6 Å². The van der Waals surface area contributed by atoms with Gasteiger partial charge in [-0.1, -0.05) is 12.1 Å². The van der Waals surface area contributed by atoms with Crippen LogP contribution in [0.2, 0.25) is 0 Å². The smallest absolute Gasteiger partial charge is 0.226 e. The Kier molecular flexibility index (Phi) is 4.70. The van der Waals surface area contributed by atoms with Gasteiger partial charge in [-0.3, -0.25) is 14.4 Å². The van der Waals surface area contributed by atoms with Gasteiger partial charge in [0.25, 0.3) is 0 Å². The molecule has 3 aliphatic rings. The van der Waals surface area contributed by atoms with Crippen molar-refractivity contribution in [3.8, 4) is 17.2 Å². The maximum atomic E-state index is 13.3. The van der Waals surface area contributed by atoms with Crippen molar-refractivity contribution >= 4 is 17.5 Å². The first-order valence-corrected chi connectivity index (χ1v) is 10.7. The number of benzene rings is 2. The molecule has 166 valence electrons. The fraction of sp³-hybridized carbons (Fsp3) is 0.375. The summed E-state index contributed by atoms with van der Waals surface area (Å²) < 4.78 is 5.26. The van der Waals surface area contributed by atoms with Crippen molar-refractivity contribution in [2.75, 3.05) is 26.7 Å². The van der Waals surface area contributed by atoms with E-state index in [4.69, 9.17) is 10.5 Å². The van der Waals surface area contributed by atoms with Crippen LogP contribution in [0.3, 0.4) is 0 Å². The third-order valence-corrected chi connectivity index (χ3v) is 6.98. The number of amides is 1. The topological polar surface area (TPSA) is 130 Å². The molecule has 1 atom stereocenters. The molecule has 1 aliphatic heterocycles. The highest BCUT2D eigenvalue weighted by Crippen LogP contribution is 2.47. The second-order valence-corrected chi connectivity index (χ2v) is 8.73. The molecule has 2 aromatic rings. The number of rotatable bonds is 3. The molecule has 2 aliphatic carbocycles. The lowest BCUT2D eigenvalue weighted by Crippen LogP contribution is -2.54. The van der Waals surface area contributed by atoms with Gasteiger partial charge in [0.05, 0.1) is 23.8 Å². The Labute approximate surface area is 184 Å². The molecule has 2 aromatic carbocycles. The summed E-state index contributed by atoms with van der Waals surface area (Å²) >= 11 is 0. The van der Waals surface area contributed by atoms with Crippen LogP contribution in [-0.4, -0.2) is 59.3 Å². The van der Waals surface area contributed by atoms with Crippen LogP contribution in [0.25, 0.3) is 0 Å². The highest BCUT2D eigenvalue weighted by molar-refractivity contribution is 6.31. The Morgan fingerprint density at radius 3 is 2.47 bits per heavy atom. The van der Waals surface area contributed by atoms with Gasteiger partial charge in [0.1, 0.15) is 17.2 Å². The molecule has 0 spiro atoms. The minimum atomic E-state index is -0.561. The fourth-order valence-corrected chi connectivity index (χ4v) is 5.17. The third-order valence-electron chi connectivity index (χ3n) is 6.98. The molecule has 1 saturated heterocycles. The minimum absolute atomic E-state index is 0.00514. The van der Waals surface area contributed by atoms with Crippen molar-refractivity contribution in [1.29, 1.82) is 0 Å². The highest BCUT2D eigenvalue weighted by Gasteiger charge is 2.42. The van der Waals surface area contributed by atoms with Crippen LogP contribution in [-0.2, 0) is 17.6 Å². The number of nitrogens with zero attached hydrogens (tertiary/aromatic N) is 1. The van der Waals surface area contributed by atoms with E-state index in [0.29, 0.717) is 49.5 Å². The van der Waals surface area contributed by atoms with Crippen LogP contribution < -0.4 is 10.5 Å². The average molecular weight is 436 g/mol. The van der Waals surface area contributed by atoms with E-state index >= 15 is 0 Å². The molecule has 4 N–H and O–H groups in total. The van der Waals surface area contributed by atoms with E-state index < -0.39 is 11.6 Å². The van der Waals surface area contributed by atoms with E-state index in [1.807, 2.05) is 0 Å². The summed E-state index contributed by atoms with van der Waals surface area (Å²) in [4.78, 5) is 41.2. The molecule has 1 amide bonds. The summed E-state index contributed by atoms with van der Waals surface area (Å²) in [6, 6.07) is 4.67. The number of fused-ring (bicyclic) bond motifs is 3. The van der Waals surface area contributed by atoms with E-state index in [1.54, 1.807) is 17.0 Å². The van der Waals surface area contributed by atoms with Gasteiger partial charge < -0.3 is 25.6 Å². The number of ether oxygens (including phenoxy) is 1. The van der Waals surface area contributed by atoms with E-state index in [9.17, 15) is 24.6 Å². The minimum Gasteiger partial charge on any atom is -0.507 e. The summed E-state index contributed by atoms with van der Waals surface area (Å²) in [7, 11) is 1.40. The number of phenolic OH excluding ortho intramolecular Hbond substituents is 2. The van der Waals surface area contributed by atoms with Crippen molar-refractivity contribution < 1.29 is 29.3 Å². The zero-order valence-electron chi connectivity index (χ0n) is 17.7. The lowest BCUT2D eigenvalue weighted by molar-refractivity contribution is -0.142. The quantitative estimate of drug-likeness (QED) is 0.529. The van der Waals surface area contributed by atoms with Gasteiger partial charge >= 0.3 is 0 Å². The number of ketones is 2. The van der Waals surface area contributed by atoms with Crippen molar-refractivity contribution in [3.63, 3.8) is 0 Å². The summed E-state index contributed by atoms with van der Waals surface area (Å²) in [6.07, 6.45) is 1.02. The zero-order valence-corrected chi connectivity index (χ0v) is 17.7. The van der Waals surface area contributed by atoms with E-state index in [-0.39, 0.29) is 57.7 Å². The predicted molar refractivity (Wildman–Crippen MR) is 114 cm³/mol. The van der Waals surface area contributed by atoms with E-state index in [0.717, 1.165) is 0 Å². The second-order valence-electron chi connectivity index (χ2n) is 8.73. The number of hydrogen-bond donors (Lipinski definition) is 3. The lowest BCUT2D eigenvalue weighted by atomic mass is 9.75. The van der Waals surface area contributed by atoms with Crippen LogP contribution in [0.4, 0.5) is 0 Å². The third kappa shape index (κ3) is 2.75. The molecular weight excluding hydrogens is 412 g/mol. The molecule has 8 heteroatoms. The average Bonchev–Trinajstić information content (AvgIpc) is 2.78. The monoisotopic (exact) mass is 436 g/mol. The number of aromatic hydroxyl groups is 2. The molecule has 0 radical (unpaired) electrons. The molecule has 8 nitrogen and oxygen atoms in total. The number of hydrogen-bond acceptors (Lipinski definition) is 7. The number of carbonyl (C=O) groups is 3. The summed E-state index contributed by atoms with van der Waals surface area (Å²) in [5, 5.41) is 22.1. The van der Waals surface area contributed by atoms with Crippen molar-refractivity contribution in [2.24, 2.45) is 17.6 Å². The van der Waals surface area contributed by atoms with Crippen LogP contribution in [0.1, 0.15) is 49.4 Å². The molecule has 0 bridgehead atoms. The maximum absolute atomic E-state index is 13.3. The molecule has 5 rings (SSSR count). The molecule has 1 fully saturated rings. The standard InChI is InChI=1S/C24H24N2O6/c1-32-16-4-2-3-14-17(16)23(30)19-18(21(14)28)22(29)15-7-12(5-6-13(15)20(19)27)24(31)26-9-11(8-25)10-26/h2-4,11-12,27,29H,5-10,25H2,1H3. The first-order valence-electron chi connectivity index (χ1n) is 10.7. The summed E-state index contributed by atoms with van der Waals surface area (Å²) in [5.41, 5.74) is 6.25. The van der Waals surface area contributed by atoms with Crippen molar-refractivity contribution in [3.05, 3.63) is 51.6 Å². The number of methoxy groups -OCH3 is 1. The summed E-state index contributed by atoms with van der Waals surface area (Å²) in [5.74, 6) is -1.53. The first-order chi connectivity index (χ1) is 15.4. The molecule has 32 heavy (non-hydrogen) atoms. The van der Waals surface area contributed by atoms with Gasteiger partial charge in [-0.2, -0.15) is 0 Å². The van der Waals surface area contributed by atoms with Crippen LogP contribution in [0.5, 0.6) is 17.2 Å². The molecule has 1 heterocycles. The zero-order chi connectivity index (χ0) is 22.7. The normalized spacial score (nSPS) is 19.7. The van der Waals surface area contributed by atoms with E-state index in [1.165, 1.54) is 13.2 Å². The lowest BCUT2D eigenvalue weighted by Gasteiger charge is -2.41. The number of nitrogens with two attached hydrogens (primary N) is 1. The molecule has 0 saturated carbocycles. The second kappa shape index (κ2) is 7.34.